The van der Waals surface area contributed by atoms with Gasteiger partial charge in [-0.2, -0.15) is 13.2 Å². The SMILES string of the molecule is O=S(CCNc1nccc(C(F)(F)F)n1)c1ccccc1F. The molecule has 118 valence electrons. The van der Waals surface area contributed by atoms with E-state index in [0.717, 1.165) is 12.3 Å². The quantitative estimate of drug-likeness (QED) is 0.855. The van der Waals surface area contributed by atoms with Crippen molar-refractivity contribution in [3.63, 3.8) is 0 Å². The number of nitrogens with one attached hydrogen (secondary N) is 1. The fourth-order valence-electron chi connectivity index (χ4n) is 1.60. The summed E-state index contributed by atoms with van der Waals surface area (Å²) in [6.07, 6.45) is -3.58. The number of rotatable bonds is 5. The van der Waals surface area contributed by atoms with Gasteiger partial charge in [-0.3, -0.25) is 4.21 Å². The molecular weight excluding hydrogens is 322 g/mol. The Morgan fingerprint density at radius 2 is 1.91 bits per heavy atom. The predicted octanol–water partition coefficient (Wildman–Crippen LogP) is 2.85. The molecule has 0 aliphatic carbocycles. The Morgan fingerprint density at radius 1 is 1.18 bits per heavy atom. The van der Waals surface area contributed by atoms with Gasteiger partial charge < -0.3 is 5.32 Å². The lowest BCUT2D eigenvalue weighted by Crippen LogP contribution is -2.15. The van der Waals surface area contributed by atoms with Crippen molar-refractivity contribution >= 4 is 16.7 Å². The molecule has 0 fully saturated rings. The van der Waals surface area contributed by atoms with E-state index in [1.807, 2.05) is 0 Å². The molecule has 0 aliphatic rings. The first-order valence-corrected chi connectivity index (χ1v) is 7.47. The lowest BCUT2D eigenvalue weighted by molar-refractivity contribution is -0.141. The van der Waals surface area contributed by atoms with Crippen LogP contribution >= 0.6 is 0 Å². The average Bonchev–Trinajstić information content (AvgIpc) is 2.47. The maximum atomic E-state index is 13.4. The lowest BCUT2D eigenvalue weighted by atomic mass is 10.3. The summed E-state index contributed by atoms with van der Waals surface area (Å²) < 4.78 is 62.7. The van der Waals surface area contributed by atoms with Gasteiger partial charge in [0.15, 0.2) is 0 Å². The molecule has 0 saturated heterocycles. The normalized spacial score (nSPS) is 12.9. The Hall–Kier alpha value is -2.03. The van der Waals surface area contributed by atoms with E-state index in [0.29, 0.717) is 0 Å². The predicted molar refractivity (Wildman–Crippen MR) is 73.2 cm³/mol. The standard InChI is InChI=1S/C13H11F4N3OS/c14-9-3-1-2-4-10(9)22(21)8-7-19-12-18-6-5-11(20-12)13(15,16)17/h1-6H,7-8H2,(H,18,19,20). The highest BCUT2D eigenvalue weighted by atomic mass is 32.2. The van der Waals surface area contributed by atoms with E-state index in [-0.39, 0.29) is 23.1 Å². The maximum Gasteiger partial charge on any atom is 0.433 e. The van der Waals surface area contributed by atoms with Crippen molar-refractivity contribution in [3.8, 4) is 0 Å². The third-order valence-corrected chi connectivity index (χ3v) is 4.00. The Labute approximate surface area is 126 Å². The summed E-state index contributed by atoms with van der Waals surface area (Å²) in [6.45, 7) is 0.0439. The van der Waals surface area contributed by atoms with Crippen molar-refractivity contribution in [1.29, 1.82) is 0 Å². The van der Waals surface area contributed by atoms with Gasteiger partial charge in [-0.05, 0) is 18.2 Å². The molecule has 0 saturated carbocycles. The van der Waals surface area contributed by atoms with Gasteiger partial charge >= 0.3 is 6.18 Å². The van der Waals surface area contributed by atoms with Crippen molar-refractivity contribution in [3.05, 3.63) is 48.0 Å². The van der Waals surface area contributed by atoms with Gasteiger partial charge in [0.2, 0.25) is 5.95 Å². The van der Waals surface area contributed by atoms with E-state index in [4.69, 9.17) is 0 Å². The molecule has 0 aliphatic heterocycles. The van der Waals surface area contributed by atoms with Crippen LogP contribution in [0, 0.1) is 5.82 Å². The molecular formula is C13H11F4N3OS. The zero-order valence-electron chi connectivity index (χ0n) is 11.1. The molecule has 0 bridgehead atoms. The largest absolute Gasteiger partial charge is 0.433 e. The molecule has 1 heterocycles. The Balaban J connectivity index is 1.94. The van der Waals surface area contributed by atoms with Crippen molar-refractivity contribution < 1.29 is 21.8 Å². The minimum atomic E-state index is -4.56. The van der Waals surface area contributed by atoms with Crippen LogP contribution in [0.3, 0.4) is 0 Å². The summed E-state index contributed by atoms with van der Waals surface area (Å²) in [5.74, 6) is -0.794. The molecule has 0 spiro atoms. The number of nitrogens with zero attached hydrogens (tertiary/aromatic N) is 2. The number of aromatic nitrogens is 2. The highest BCUT2D eigenvalue weighted by Crippen LogP contribution is 2.27. The first-order valence-electron chi connectivity index (χ1n) is 6.15. The van der Waals surface area contributed by atoms with Crippen LogP contribution in [0.5, 0.6) is 0 Å². The van der Waals surface area contributed by atoms with Gasteiger partial charge in [0.05, 0.1) is 15.7 Å². The third kappa shape index (κ3) is 4.23. The molecule has 1 atom stereocenters. The van der Waals surface area contributed by atoms with Crippen molar-refractivity contribution in [2.45, 2.75) is 11.1 Å². The molecule has 4 nitrogen and oxygen atoms in total. The number of halogens is 4. The Bertz CT molecular complexity index is 678. The number of hydrogen-bond acceptors (Lipinski definition) is 4. The summed E-state index contributed by atoms with van der Waals surface area (Å²) in [5.41, 5.74) is -1.07. The van der Waals surface area contributed by atoms with Crippen LogP contribution in [-0.4, -0.2) is 26.5 Å². The molecule has 22 heavy (non-hydrogen) atoms. The highest BCUT2D eigenvalue weighted by molar-refractivity contribution is 7.85. The van der Waals surface area contributed by atoms with E-state index in [1.165, 1.54) is 18.2 Å². The minimum Gasteiger partial charge on any atom is -0.353 e. The number of anilines is 1. The zero-order valence-corrected chi connectivity index (χ0v) is 11.9. The molecule has 0 amide bonds. The van der Waals surface area contributed by atoms with Crippen LogP contribution in [0.2, 0.25) is 0 Å². The third-order valence-electron chi connectivity index (χ3n) is 2.60. The summed E-state index contributed by atoms with van der Waals surface area (Å²) in [4.78, 5) is 7.01. The number of hydrogen-bond donors (Lipinski definition) is 1. The fourth-order valence-corrected chi connectivity index (χ4v) is 2.62. The fraction of sp³-hybridized carbons (Fsp3) is 0.231. The van der Waals surface area contributed by atoms with Gasteiger partial charge in [-0.15, -0.1) is 0 Å². The van der Waals surface area contributed by atoms with Crippen molar-refractivity contribution in [1.82, 2.24) is 9.97 Å². The summed E-state index contributed by atoms with van der Waals surface area (Å²) in [7, 11) is -1.61. The monoisotopic (exact) mass is 333 g/mol. The zero-order chi connectivity index (χ0) is 16.2. The van der Waals surface area contributed by atoms with Gasteiger partial charge in [0.1, 0.15) is 11.5 Å². The van der Waals surface area contributed by atoms with Crippen LogP contribution < -0.4 is 5.32 Å². The van der Waals surface area contributed by atoms with Gasteiger partial charge in [-0.1, -0.05) is 12.1 Å². The number of alkyl halides is 3. The highest BCUT2D eigenvalue weighted by Gasteiger charge is 2.32. The molecule has 9 heteroatoms. The molecule has 1 aromatic carbocycles. The lowest BCUT2D eigenvalue weighted by Gasteiger charge is -2.08. The molecule has 2 aromatic rings. The topological polar surface area (TPSA) is 54.9 Å². The van der Waals surface area contributed by atoms with Crippen LogP contribution in [0.25, 0.3) is 0 Å². The summed E-state index contributed by atoms with van der Waals surface area (Å²) in [5, 5.41) is 2.54. The Kier molecular flexibility index (Phi) is 5.07. The Morgan fingerprint density at radius 3 is 2.59 bits per heavy atom. The molecule has 1 aromatic heterocycles. The van der Waals surface area contributed by atoms with Crippen LogP contribution in [-0.2, 0) is 17.0 Å². The van der Waals surface area contributed by atoms with Gasteiger partial charge in [-0.25, -0.2) is 14.4 Å². The maximum absolute atomic E-state index is 13.4. The molecule has 1 N–H and O–H groups in total. The van der Waals surface area contributed by atoms with E-state index < -0.39 is 28.5 Å². The van der Waals surface area contributed by atoms with E-state index in [2.05, 4.69) is 15.3 Å². The second kappa shape index (κ2) is 6.82. The van der Waals surface area contributed by atoms with E-state index in [9.17, 15) is 21.8 Å². The van der Waals surface area contributed by atoms with E-state index in [1.54, 1.807) is 6.07 Å². The minimum absolute atomic E-state index is 0.0144. The van der Waals surface area contributed by atoms with Gasteiger partial charge in [0, 0.05) is 18.5 Å². The van der Waals surface area contributed by atoms with Crippen molar-refractivity contribution in [2.24, 2.45) is 0 Å². The molecule has 2 rings (SSSR count). The van der Waals surface area contributed by atoms with Crippen LogP contribution in [0.1, 0.15) is 5.69 Å². The first kappa shape index (κ1) is 16.3. The molecule has 1 unspecified atom stereocenters. The first-order chi connectivity index (χ1) is 10.4. The second-order valence-corrected chi connectivity index (χ2v) is 5.71. The summed E-state index contributed by atoms with van der Waals surface area (Å²) in [6, 6.07) is 6.37. The average molecular weight is 333 g/mol. The van der Waals surface area contributed by atoms with Crippen LogP contribution in [0.4, 0.5) is 23.5 Å². The molecule has 0 radical (unpaired) electrons. The smallest absolute Gasteiger partial charge is 0.353 e. The number of benzene rings is 1. The van der Waals surface area contributed by atoms with Crippen molar-refractivity contribution in [2.75, 3.05) is 17.6 Å². The summed E-state index contributed by atoms with van der Waals surface area (Å²) >= 11 is 0. The van der Waals surface area contributed by atoms with E-state index >= 15 is 0 Å². The van der Waals surface area contributed by atoms with Gasteiger partial charge in [0.25, 0.3) is 0 Å². The van der Waals surface area contributed by atoms with Crippen LogP contribution in [0.15, 0.2) is 41.4 Å². The second-order valence-electron chi connectivity index (χ2n) is 4.17.